The summed E-state index contributed by atoms with van der Waals surface area (Å²) in [6.07, 6.45) is 9.16. The van der Waals surface area contributed by atoms with Crippen LogP contribution in [0.25, 0.3) is 0 Å². The van der Waals surface area contributed by atoms with Crippen LogP contribution in [-0.4, -0.2) is 24.3 Å². The molecule has 4 heteroatoms. The SMILES string of the molecule is CC(C)CC(C)CCCCOc1cc(OCCCCC(C)CC(C)C)cc(C(=O)O)c1. The van der Waals surface area contributed by atoms with Crippen LogP contribution in [0.2, 0.25) is 0 Å². The van der Waals surface area contributed by atoms with Crippen LogP contribution in [-0.2, 0) is 0 Å². The number of carbonyl (C=O) groups is 1. The number of benzene rings is 1. The molecule has 0 aromatic heterocycles. The predicted octanol–water partition coefficient (Wildman–Crippen LogP) is 7.85. The molecule has 0 aliphatic carbocycles. The van der Waals surface area contributed by atoms with Crippen molar-refractivity contribution in [3.8, 4) is 11.5 Å². The minimum absolute atomic E-state index is 0.212. The molecule has 0 bridgehead atoms. The average molecular weight is 435 g/mol. The van der Waals surface area contributed by atoms with E-state index in [2.05, 4.69) is 41.5 Å². The first-order chi connectivity index (χ1) is 14.7. The number of rotatable bonds is 17. The average Bonchev–Trinajstić information content (AvgIpc) is 2.66. The van der Waals surface area contributed by atoms with Gasteiger partial charge in [0, 0.05) is 6.07 Å². The molecule has 178 valence electrons. The molecule has 1 N–H and O–H groups in total. The normalized spacial score (nSPS) is 13.4. The molecule has 1 aromatic rings. The largest absolute Gasteiger partial charge is 0.493 e. The van der Waals surface area contributed by atoms with E-state index in [1.807, 2.05) is 6.07 Å². The Labute approximate surface area is 190 Å². The molecule has 0 aliphatic rings. The van der Waals surface area contributed by atoms with E-state index >= 15 is 0 Å². The molecule has 4 nitrogen and oxygen atoms in total. The van der Waals surface area contributed by atoms with Crippen LogP contribution in [0.3, 0.4) is 0 Å². The van der Waals surface area contributed by atoms with Gasteiger partial charge < -0.3 is 14.6 Å². The molecule has 31 heavy (non-hydrogen) atoms. The van der Waals surface area contributed by atoms with Crippen molar-refractivity contribution in [3.63, 3.8) is 0 Å². The first-order valence-corrected chi connectivity index (χ1v) is 12.3. The predicted molar refractivity (Wildman–Crippen MR) is 129 cm³/mol. The third-order valence-corrected chi connectivity index (χ3v) is 5.59. The van der Waals surface area contributed by atoms with Crippen molar-refractivity contribution in [1.82, 2.24) is 0 Å². The number of aromatic carboxylic acids is 1. The smallest absolute Gasteiger partial charge is 0.335 e. The number of hydrogen-bond acceptors (Lipinski definition) is 3. The van der Waals surface area contributed by atoms with Crippen LogP contribution in [0.1, 0.15) is 103 Å². The zero-order valence-electron chi connectivity index (χ0n) is 20.8. The molecule has 2 atom stereocenters. The Morgan fingerprint density at radius 3 is 1.52 bits per heavy atom. The van der Waals surface area contributed by atoms with Gasteiger partial charge >= 0.3 is 5.97 Å². The molecule has 1 rings (SSSR count). The minimum atomic E-state index is -0.958. The third-order valence-electron chi connectivity index (χ3n) is 5.59. The third kappa shape index (κ3) is 13.3. The van der Waals surface area contributed by atoms with Crippen LogP contribution in [0, 0.1) is 23.7 Å². The fraction of sp³-hybridized carbons (Fsp3) is 0.741. The quantitative estimate of drug-likeness (QED) is 0.254. The Kier molecular flexibility index (Phi) is 13.4. The fourth-order valence-electron chi connectivity index (χ4n) is 4.28. The second-order valence-electron chi connectivity index (χ2n) is 10.2. The molecule has 0 heterocycles. The molecule has 0 radical (unpaired) electrons. The number of unbranched alkanes of at least 4 members (excludes halogenated alkanes) is 2. The van der Waals surface area contributed by atoms with Crippen molar-refractivity contribution in [2.24, 2.45) is 23.7 Å². The summed E-state index contributed by atoms with van der Waals surface area (Å²) in [5, 5.41) is 9.41. The fourth-order valence-corrected chi connectivity index (χ4v) is 4.28. The Bertz CT molecular complexity index is 579. The second kappa shape index (κ2) is 15.2. The summed E-state index contributed by atoms with van der Waals surface area (Å²) in [4.78, 5) is 11.5. The second-order valence-corrected chi connectivity index (χ2v) is 10.2. The molecule has 1 aromatic carbocycles. The zero-order valence-corrected chi connectivity index (χ0v) is 20.8. The van der Waals surface area contributed by atoms with Crippen molar-refractivity contribution in [3.05, 3.63) is 23.8 Å². The lowest BCUT2D eigenvalue weighted by molar-refractivity contribution is 0.0695. The van der Waals surface area contributed by atoms with Gasteiger partial charge in [-0.25, -0.2) is 4.79 Å². The van der Waals surface area contributed by atoms with E-state index in [0.29, 0.717) is 24.7 Å². The minimum Gasteiger partial charge on any atom is -0.493 e. The highest BCUT2D eigenvalue weighted by molar-refractivity contribution is 5.88. The van der Waals surface area contributed by atoms with E-state index in [9.17, 15) is 9.90 Å². The number of hydrogen-bond donors (Lipinski definition) is 1. The topological polar surface area (TPSA) is 55.8 Å². The lowest BCUT2D eigenvalue weighted by Crippen LogP contribution is -2.05. The zero-order chi connectivity index (χ0) is 23.2. The van der Waals surface area contributed by atoms with Crippen molar-refractivity contribution in [1.29, 1.82) is 0 Å². The molecular formula is C27H46O4. The summed E-state index contributed by atoms with van der Waals surface area (Å²) in [5.41, 5.74) is 0.212. The van der Waals surface area contributed by atoms with Gasteiger partial charge in [0.1, 0.15) is 11.5 Å². The lowest BCUT2D eigenvalue weighted by atomic mass is 9.94. The standard InChI is InChI=1S/C27H46O4/c1-20(2)15-22(5)11-7-9-13-30-25-17-24(27(28)29)18-26(19-25)31-14-10-8-12-23(6)16-21(3)4/h17-23H,7-16H2,1-6H3,(H,28,29). The maximum atomic E-state index is 11.5. The summed E-state index contributed by atoms with van der Waals surface area (Å²) in [5.74, 6) is 3.16. The lowest BCUT2D eigenvalue weighted by Gasteiger charge is -2.15. The first-order valence-electron chi connectivity index (χ1n) is 12.3. The van der Waals surface area contributed by atoms with E-state index in [1.165, 1.54) is 25.7 Å². The van der Waals surface area contributed by atoms with E-state index in [1.54, 1.807) is 12.1 Å². The van der Waals surface area contributed by atoms with Crippen LogP contribution >= 0.6 is 0 Å². The number of carboxylic acids is 1. The van der Waals surface area contributed by atoms with Crippen LogP contribution in [0.15, 0.2) is 18.2 Å². The molecule has 0 spiro atoms. The van der Waals surface area contributed by atoms with Gasteiger partial charge in [-0.15, -0.1) is 0 Å². The van der Waals surface area contributed by atoms with E-state index in [-0.39, 0.29) is 5.56 Å². The molecule has 0 fully saturated rings. The number of ether oxygens (including phenoxy) is 2. The van der Waals surface area contributed by atoms with Crippen molar-refractivity contribution >= 4 is 5.97 Å². The highest BCUT2D eigenvalue weighted by atomic mass is 16.5. The molecular weight excluding hydrogens is 388 g/mol. The summed E-state index contributed by atoms with van der Waals surface area (Å²) in [6, 6.07) is 4.99. The molecule has 0 aliphatic heterocycles. The maximum absolute atomic E-state index is 11.5. The first kappa shape index (κ1) is 27.3. The number of carboxylic acid groups (broad SMARTS) is 1. The Morgan fingerprint density at radius 1 is 0.742 bits per heavy atom. The highest BCUT2D eigenvalue weighted by Gasteiger charge is 2.10. The van der Waals surface area contributed by atoms with Gasteiger partial charge in [0.25, 0.3) is 0 Å². The molecule has 0 saturated carbocycles. The Morgan fingerprint density at radius 2 is 1.16 bits per heavy atom. The van der Waals surface area contributed by atoms with Crippen molar-refractivity contribution in [2.75, 3.05) is 13.2 Å². The molecule has 0 amide bonds. The van der Waals surface area contributed by atoms with Gasteiger partial charge in [0.05, 0.1) is 18.8 Å². The van der Waals surface area contributed by atoms with E-state index in [4.69, 9.17) is 9.47 Å². The van der Waals surface area contributed by atoms with Crippen LogP contribution in [0.4, 0.5) is 0 Å². The summed E-state index contributed by atoms with van der Waals surface area (Å²) in [7, 11) is 0. The summed E-state index contributed by atoms with van der Waals surface area (Å²) in [6.45, 7) is 14.9. The molecule has 2 unspecified atom stereocenters. The van der Waals surface area contributed by atoms with Gasteiger partial charge in [-0.3, -0.25) is 0 Å². The van der Waals surface area contributed by atoms with Gasteiger partial charge in [-0.2, -0.15) is 0 Å². The van der Waals surface area contributed by atoms with Crippen molar-refractivity contribution < 1.29 is 19.4 Å². The Hall–Kier alpha value is -1.71. The summed E-state index contributed by atoms with van der Waals surface area (Å²) < 4.78 is 11.7. The van der Waals surface area contributed by atoms with Crippen LogP contribution < -0.4 is 9.47 Å². The van der Waals surface area contributed by atoms with Gasteiger partial charge in [0.15, 0.2) is 0 Å². The van der Waals surface area contributed by atoms with E-state index in [0.717, 1.165) is 49.4 Å². The van der Waals surface area contributed by atoms with Crippen LogP contribution in [0.5, 0.6) is 11.5 Å². The van der Waals surface area contributed by atoms with Gasteiger partial charge in [0.2, 0.25) is 0 Å². The Balaban J connectivity index is 2.42. The highest BCUT2D eigenvalue weighted by Crippen LogP contribution is 2.25. The monoisotopic (exact) mass is 434 g/mol. The van der Waals surface area contributed by atoms with Crippen molar-refractivity contribution in [2.45, 2.75) is 92.9 Å². The summed E-state index contributed by atoms with van der Waals surface area (Å²) >= 11 is 0. The van der Waals surface area contributed by atoms with Gasteiger partial charge in [-0.05, 0) is 74.3 Å². The maximum Gasteiger partial charge on any atom is 0.335 e. The van der Waals surface area contributed by atoms with E-state index < -0.39 is 5.97 Å². The molecule has 0 saturated heterocycles. The van der Waals surface area contributed by atoms with Gasteiger partial charge in [-0.1, -0.05) is 54.4 Å².